The molecule has 1 aromatic carbocycles. The Morgan fingerprint density at radius 3 is 2.66 bits per heavy atom. The molecular formula is C25H26N6O. The van der Waals surface area contributed by atoms with Gasteiger partial charge in [0.15, 0.2) is 0 Å². The number of anilines is 1. The molecule has 2 aliphatic rings. The number of hydrogen-bond acceptors (Lipinski definition) is 6. The Labute approximate surface area is 186 Å². The Morgan fingerprint density at radius 2 is 1.88 bits per heavy atom. The standard InChI is InChI=1S/C25H26N6O/c1-30-9-6-25(7-10-30)15-31(16-25)19-4-5-21-22(12-19)29-23(28-21)20-11-18(14-27-24(20)32)17-3-2-8-26-13-17/h2-5,8,11-14H,6-7,9-10,15-16H2,1H3,(H,27,32)(H,28,29). The van der Waals surface area contributed by atoms with Crippen molar-refractivity contribution >= 4 is 16.7 Å². The molecule has 6 rings (SSSR count). The van der Waals surface area contributed by atoms with E-state index < -0.39 is 0 Å². The molecule has 1 spiro atoms. The van der Waals surface area contributed by atoms with Gasteiger partial charge in [-0.3, -0.25) is 4.98 Å². The fourth-order valence-corrected chi connectivity index (χ4v) is 5.00. The summed E-state index contributed by atoms with van der Waals surface area (Å²) in [6.45, 7) is 4.65. The lowest BCUT2D eigenvalue weighted by molar-refractivity contribution is 0.0906. The SMILES string of the molecule is CN1CCC2(CC1)CN(c1ccc3[nH]c(-c4cc(-c5cccnc5)cnc4O)nc3c1)C2. The Morgan fingerprint density at radius 1 is 1.03 bits per heavy atom. The smallest absolute Gasteiger partial charge is 0.222 e. The molecule has 0 saturated carbocycles. The molecule has 5 heterocycles. The predicted molar refractivity (Wildman–Crippen MR) is 126 cm³/mol. The second kappa shape index (κ2) is 7.31. The van der Waals surface area contributed by atoms with Crippen LogP contribution in [0.25, 0.3) is 33.5 Å². The summed E-state index contributed by atoms with van der Waals surface area (Å²) in [5.74, 6) is 0.576. The highest BCUT2D eigenvalue weighted by Gasteiger charge is 2.44. The molecule has 7 heteroatoms. The van der Waals surface area contributed by atoms with Gasteiger partial charge >= 0.3 is 0 Å². The largest absolute Gasteiger partial charge is 0.493 e. The van der Waals surface area contributed by atoms with E-state index in [0.29, 0.717) is 16.8 Å². The topological polar surface area (TPSA) is 81.2 Å². The number of pyridine rings is 2. The van der Waals surface area contributed by atoms with Crippen LogP contribution in [0.15, 0.2) is 55.0 Å². The maximum absolute atomic E-state index is 10.4. The number of piperidine rings is 1. The zero-order valence-corrected chi connectivity index (χ0v) is 18.1. The van der Waals surface area contributed by atoms with Gasteiger partial charge in [-0.1, -0.05) is 6.07 Å². The molecule has 2 fully saturated rings. The Balaban J connectivity index is 1.28. The van der Waals surface area contributed by atoms with Crippen LogP contribution in [0.2, 0.25) is 0 Å². The Hall–Kier alpha value is -3.45. The van der Waals surface area contributed by atoms with E-state index in [0.717, 1.165) is 35.2 Å². The summed E-state index contributed by atoms with van der Waals surface area (Å²) in [4.78, 5) is 21.4. The quantitative estimate of drug-likeness (QED) is 0.517. The lowest BCUT2D eigenvalue weighted by Crippen LogP contribution is -2.60. The molecule has 2 saturated heterocycles. The van der Waals surface area contributed by atoms with Gasteiger partial charge < -0.3 is 19.9 Å². The summed E-state index contributed by atoms with van der Waals surface area (Å²) in [5.41, 5.74) is 5.96. The summed E-state index contributed by atoms with van der Waals surface area (Å²) in [6, 6.07) is 12.1. The minimum Gasteiger partial charge on any atom is -0.493 e. The summed E-state index contributed by atoms with van der Waals surface area (Å²) in [7, 11) is 2.21. The lowest BCUT2D eigenvalue weighted by Gasteiger charge is -2.54. The van der Waals surface area contributed by atoms with Crippen molar-refractivity contribution < 1.29 is 5.11 Å². The number of likely N-dealkylation sites (tertiary alicyclic amines) is 1. The van der Waals surface area contributed by atoms with Crippen molar-refractivity contribution in [3.05, 3.63) is 55.0 Å². The first-order valence-electron chi connectivity index (χ1n) is 11.1. The van der Waals surface area contributed by atoms with E-state index in [1.54, 1.807) is 18.6 Å². The van der Waals surface area contributed by atoms with Gasteiger partial charge in [0.1, 0.15) is 5.82 Å². The first-order chi connectivity index (χ1) is 15.6. The van der Waals surface area contributed by atoms with Crippen molar-refractivity contribution in [3.8, 4) is 28.4 Å². The maximum Gasteiger partial charge on any atom is 0.222 e. The van der Waals surface area contributed by atoms with Gasteiger partial charge in [0, 0.05) is 53.9 Å². The molecule has 0 amide bonds. The van der Waals surface area contributed by atoms with Gasteiger partial charge in [0.2, 0.25) is 5.88 Å². The van der Waals surface area contributed by atoms with Crippen molar-refractivity contribution in [1.82, 2.24) is 24.8 Å². The van der Waals surface area contributed by atoms with Gasteiger partial charge in [0.05, 0.1) is 16.6 Å². The number of nitrogens with zero attached hydrogens (tertiary/aromatic N) is 5. The second-order valence-corrected chi connectivity index (χ2v) is 9.28. The molecule has 0 unspecified atom stereocenters. The normalized spacial score (nSPS) is 18.2. The van der Waals surface area contributed by atoms with Crippen LogP contribution in [0.4, 0.5) is 5.69 Å². The number of fused-ring (bicyclic) bond motifs is 1. The van der Waals surface area contributed by atoms with E-state index >= 15 is 0 Å². The zero-order chi connectivity index (χ0) is 21.7. The maximum atomic E-state index is 10.4. The average Bonchev–Trinajstić information content (AvgIpc) is 3.22. The fourth-order valence-electron chi connectivity index (χ4n) is 5.00. The van der Waals surface area contributed by atoms with Crippen molar-refractivity contribution in [2.24, 2.45) is 5.41 Å². The van der Waals surface area contributed by atoms with Gasteiger partial charge in [0.25, 0.3) is 0 Å². The summed E-state index contributed by atoms with van der Waals surface area (Å²) < 4.78 is 0. The highest BCUT2D eigenvalue weighted by Crippen LogP contribution is 2.43. The third kappa shape index (κ3) is 3.29. The zero-order valence-electron chi connectivity index (χ0n) is 18.1. The Kier molecular flexibility index (Phi) is 4.40. The van der Waals surface area contributed by atoms with E-state index in [2.05, 4.69) is 50.0 Å². The molecule has 7 nitrogen and oxygen atoms in total. The van der Waals surface area contributed by atoms with Crippen LogP contribution in [-0.4, -0.2) is 63.2 Å². The molecule has 3 aromatic heterocycles. The van der Waals surface area contributed by atoms with Crippen molar-refractivity contribution in [2.45, 2.75) is 12.8 Å². The van der Waals surface area contributed by atoms with E-state index in [4.69, 9.17) is 4.98 Å². The molecule has 2 aliphatic heterocycles. The number of nitrogens with one attached hydrogen (secondary N) is 1. The summed E-state index contributed by atoms with van der Waals surface area (Å²) in [6.07, 6.45) is 7.75. The van der Waals surface area contributed by atoms with Crippen LogP contribution in [0.5, 0.6) is 5.88 Å². The van der Waals surface area contributed by atoms with Crippen molar-refractivity contribution in [2.75, 3.05) is 38.1 Å². The van der Waals surface area contributed by atoms with Crippen LogP contribution < -0.4 is 4.90 Å². The Bertz CT molecular complexity index is 1270. The number of rotatable bonds is 3. The molecule has 0 bridgehead atoms. The molecule has 0 atom stereocenters. The number of benzene rings is 1. The number of H-pyrrole nitrogens is 1. The predicted octanol–water partition coefficient (Wildman–Crippen LogP) is 3.92. The molecule has 0 aliphatic carbocycles. The van der Waals surface area contributed by atoms with Crippen molar-refractivity contribution in [3.63, 3.8) is 0 Å². The van der Waals surface area contributed by atoms with Gasteiger partial charge in [-0.15, -0.1) is 0 Å². The number of aromatic nitrogens is 4. The lowest BCUT2D eigenvalue weighted by atomic mass is 9.72. The summed E-state index contributed by atoms with van der Waals surface area (Å²) in [5, 5.41) is 10.4. The van der Waals surface area contributed by atoms with E-state index in [1.165, 1.54) is 31.6 Å². The van der Waals surface area contributed by atoms with E-state index in [9.17, 15) is 5.11 Å². The molecule has 0 radical (unpaired) electrons. The fraction of sp³-hybridized carbons (Fsp3) is 0.320. The van der Waals surface area contributed by atoms with E-state index in [1.807, 2.05) is 18.2 Å². The van der Waals surface area contributed by atoms with Crippen LogP contribution >= 0.6 is 0 Å². The van der Waals surface area contributed by atoms with Crippen LogP contribution in [-0.2, 0) is 0 Å². The highest BCUT2D eigenvalue weighted by atomic mass is 16.3. The third-order valence-corrected chi connectivity index (χ3v) is 7.05. The molecule has 162 valence electrons. The minimum atomic E-state index is -0.0381. The highest BCUT2D eigenvalue weighted by molar-refractivity contribution is 5.84. The minimum absolute atomic E-state index is 0.0381. The average molecular weight is 427 g/mol. The number of imidazole rings is 1. The number of hydrogen-bond donors (Lipinski definition) is 2. The van der Waals surface area contributed by atoms with E-state index in [-0.39, 0.29) is 5.88 Å². The van der Waals surface area contributed by atoms with Gasteiger partial charge in [-0.05, 0) is 63.3 Å². The van der Waals surface area contributed by atoms with Crippen molar-refractivity contribution in [1.29, 1.82) is 0 Å². The third-order valence-electron chi connectivity index (χ3n) is 7.05. The molecule has 4 aromatic rings. The molecule has 2 N–H and O–H groups in total. The first kappa shape index (κ1) is 19.3. The molecule has 32 heavy (non-hydrogen) atoms. The second-order valence-electron chi connectivity index (χ2n) is 9.28. The molecular weight excluding hydrogens is 400 g/mol. The van der Waals surface area contributed by atoms with Crippen LogP contribution in [0.3, 0.4) is 0 Å². The number of aromatic hydroxyl groups is 1. The summed E-state index contributed by atoms with van der Waals surface area (Å²) >= 11 is 0. The van der Waals surface area contributed by atoms with Gasteiger partial charge in [-0.25, -0.2) is 9.97 Å². The van der Waals surface area contributed by atoms with Crippen LogP contribution in [0.1, 0.15) is 12.8 Å². The monoisotopic (exact) mass is 426 g/mol. The first-order valence-corrected chi connectivity index (χ1v) is 11.1. The van der Waals surface area contributed by atoms with Gasteiger partial charge in [-0.2, -0.15) is 0 Å². The number of aromatic amines is 1. The van der Waals surface area contributed by atoms with Crippen LogP contribution in [0, 0.1) is 5.41 Å².